The fourth-order valence-electron chi connectivity index (χ4n) is 7.43. The van der Waals surface area contributed by atoms with Crippen LogP contribution in [0.5, 0.6) is 0 Å². The molecule has 6 N–H and O–H groups in total. The number of fused-ring (bicyclic) bond motifs is 1. The number of aliphatic hydroxyl groups excluding tert-OH is 1. The van der Waals surface area contributed by atoms with Crippen LogP contribution in [0.25, 0.3) is 0 Å². The first kappa shape index (κ1) is 36.2. The maximum absolute atomic E-state index is 13.9. The summed E-state index contributed by atoms with van der Waals surface area (Å²) < 4.78 is 37.5. The third-order valence-electron chi connectivity index (χ3n) is 9.73. The third kappa shape index (κ3) is 7.68. The Morgan fingerprint density at radius 1 is 1.18 bits per heavy atom. The Hall–Kier alpha value is -1.12. The highest BCUT2D eigenvalue weighted by molar-refractivity contribution is 8.46. The largest absolute Gasteiger partial charge is 0.387 e. The summed E-state index contributed by atoms with van der Waals surface area (Å²) in [5.74, 6) is 1.13. The van der Waals surface area contributed by atoms with Gasteiger partial charge in [-0.15, -0.1) is 11.8 Å². The smallest absolute Gasteiger partial charge is 0.321 e. The van der Waals surface area contributed by atoms with Gasteiger partial charge in [0.05, 0.1) is 43.0 Å². The van der Waals surface area contributed by atoms with E-state index in [4.69, 9.17) is 29.2 Å². The zero-order valence-electron chi connectivity index (χ0n) is 26.4. The summed E-state index contributed by atoms with van der Waals surface area (Å²) in [7, 11) is 0. The van der Waals surface area contributed by atoms with Crippen LogP contribution < -0.4 is 11.1 Å². The molecule has 0 aromatic carbocycles. The molecule has 1 amide bonds. The molecule has 0 saturated carbocycles. The monoisotopic (exact) mass is 780 g/mol. The van der Waals surface area contributed by atoms with E-state index in [9.17, 15) is 24.3 Å². The molecule has 7 aliphatic rings. The van der Waals surface area contributed by atoms with Gasteiger partial charge in [-0.2, -0.15) is 0 Å². The molecule has 17 nitrogen and oxygen atoms in total. The molecule has 0 spiro atoms. The van der Waals surface area contributed by atoms with Crippen molar-refractivity contribution in [2.75, 3.05) is 31.6 Å². The first-order chi connectivity index (χ1) is 23.4. The second-order valence-corrected chi connectivity index (χ2v) is 20.6. The maximum atomic E-state index is 13.9. The molecule has 7 aliphatic heterocycles. The molecule has 12 atom stereocenters. The van der Waals surface area contributed by atoms with Crippen LogP contribution in [0.2, 0.25) is 0 Å². The number of rotatable bonds is 12. The van der Waals surface area contributed by atoms with Crippen LogP contribution in [0.1, 0.15) is 32.1 Å². The van der Waals surface area contributed by atoms with E-state index in [1.165, 1.54) is 28.0 Å². The van der Waals surface area contributed by atoms with Crippen LogP contribution in [0.15, 0.2) is 26.8 Å². The van der Waals surface area contributed by atoms with Crippen molar-refractivity contribution in [2.45, 2.75) is 92.7 Å². The van der Waals surface area contributed by atoms with Crippen molar-refractivity contribution in [3.05, 3.63) is 11.8 Å². The molecule has 0 aromatic heterocycles. The molecular formula is C27H42N8O9P2S3. The lowest BCUT2D eigenvalue weighted by molar-refractivity contribution is -0.131. The number of nitrogens with two attached hydrogens (primary N) is 1. The van der Waals surface area contributed by atoms with Gasteiger partial charge >= 0.3 is 6.72 Å². The molecule has 0 bridgehead atoms. The zero-order valence-corrected chi connectivity index (χ0v) is 30.8. The number of carbonyl (C=O) groups is 1. The predicted molar refractivity (Wildman–Crippen MR) is 190 cm³/mol. The average molecular weight is 781 g/mol. The van der Waals surface area contributed by atoms with E-state index in [1.807, 2.05) is 18.1 Å². The van der Waals surface area contributed by atoms with Gasteiger partial charge in [-0.25, -0.2) is 4.99 Å². The lowest BCUT2D eigenvalue weighted by Crippen LogP contribution is -2.55. The van der Waals surface area contributed by atoms with Crippen molar-refractivity contribution in [1.29, 1.82) is 0 Å². The van der Waals surface area contributed by atoms with Gasteiger partial charge in [-0.05, 0) is 55.2 Å². The summed E-state index contributed by atoms with van der Waals surface area (Å²) in [4.78, 5) is 51.0. The summed E-state index contributed by atoms with van der Waals surface area (Å²) in [5, 5.41) is 15.0. The van der Waals surface area contributed by atoms with E-state index in [2.05, 4.69) is 50.5 Å². The summed E-state index contributed by atoms with van der Waals surface area (Å²) >= 11 is 10.9. The lowest BCUT2D eigenvalue weighted by atomic mass is 9.95. The summed E-state index contributed by atoms with van der Waals surface area (Å²) in [5.41, 5.74) is 7.03. The van der Waals surface area contributed by atoms with Gasteiger partial charge in [0.1, 0.15) is 30.7 Å². The Kier molecular flexibility index (Phi) is 10.9. The Labute approximate surface area is 298 Å². The molecule has 7 rings (SSSR count). The van der Waals surface area contributed by atoms with Gasteiger partial charge in [0, 0.05) is 25.5 Å². The van der Waals surface area contributed by atoms with Crippen molar-refractivity contribution in [1.82, 2.24) is 20.0 Å². The molecule has 3 fully saturated rings. The standard InChI is InChI=1S/C27H42N8O9P2S3/c28-6-7-33-13-32-24-20(26(33)37)31-14-35(24)27-22(21(36)17(43-27)11-41-46(39,40)48)44-45(38,47)8-5-16-3-4-18(42-16)34-10-15-2-1-9-49-25-19(15)23(34)29-12-30-25/h10,12-14,16-25,27,36H,1-9,11,28H2,(H,29,30)(H,38,47)(H2,39,40,48)/t16-,17+,18+,19?,20?,21+,22+,23?,24?,25?,27+,45?/m0/s1. The topological polar surface area (TPSA) is 217 Å². The van der Waals surface area contributed by atoms with Crippen molar-refractivity contribution in [2.24, 2.45) is 26.6 Å². The first-order valence-electron chi connectivity index (χ1n) is 16.3. The van der Waals surface area contributed by atoms with Crippen LogP contribution in [-0.4, -0.2) is 147 Å². The normalized spacial score (nSPS) is 39.5. The molecule has 3 saturated heterocycles. The van der Waals surface area contributed by atoms with Gasteiger partial charge in [0.2, 0.25) is 0 Å². The SMILES string of the molecule is NCCN1C=NC2C(N=CN2[C@@H]2O[C@H](COP(O)(O)=S)[C@@H](O)[C@H]2OP(=O)(S)CC[C@@H]2CC[C@H](N3C=C4CCCSC5NC=NC3C45)O2)C1=O. The third-order valence-corrected chi connectivity index (χ3v) is 14.1. The van der Waals surface area contributed by atoms with Crippen LogP contribution in [0.4, 0.5) is 0 Å². The molecule has 0 aromatic rings. The highest BCUT2D eigenvalue weighted by Gasteiger charge is 2.54. The number of aliphatic hydroxyl groups is 1. The van der Waals surface area contributed by atoms with E-state index in [0.29, 0.717) is 17.7 Å². The molecule has 6 unspecified atom stereocenters. The zero-order chi connectivity index (χ0) is 34.5. The first-order valence-corrected chi connectivity index (χ1v) is 23.0. The summed E-state index contributed by atoms with van der Waals surface area (Å²) in [6.07, 6.45) is 4.91. The van der Waals surface area contributed by atoms with Crippen molar-refractivity contribution >= 4 is 74.0 Å². The van der Waals surface area contributed by atoms with Crippen molar-refractivity contribution < 1.29 is 42.8 Å². The number of nitrogens with zero attached hydrogens (tertiary/aromatic N) is 6. The fraction of sp³-hybridized carbons (Fsp3) is 0.778. The summed E-state index contributed by atoms with van der Waals surface area (Å²) in [6, 6.07) is -0.885. The molecule has 7 heterocycles. The lowest BCUT2D eigenvalue weighted by Gasteiger charge is -2.36. The highest BCUT2D eigenvalue weighted by atomic mass is 32.7. The molecule has 0 radical (unpaired) electrons. The minimum absolute atomic E-state index is 0.00138. The van der Waals surface area contributed by atoms with Crippen molar-refractivity contribution in [3.8, 4) is 0 Å². The number of hydrogen-bond acceptors (Lipinski definition) is 16. The second-order valence-electron chi connectivity index (χ2n) is 12.9. The number of aliphatic imine (C=N–C) groups is 3. The molecule has 22 heteroatoms. The second kappa shape index (κ2) is 14.7. The number of hydrogen-bond donors (Lipinski definition) is 6. The van der Waals surface area contributed by atoms with Crippen molar-refractivity contribution in [3.63, 3.8) is 0 Å². The quantitative estimate of drug-likeness (QED) is 0.115. The van der Waals surface area contributed by atoms with E-state index in [0.717, 1.165) is 31.4 Å². The molecular weight excluding hydrogens is 738 g/mol. The van der Waals surface area contributed by atoms with E-state index >= 15 is 0 Å². The molecule has 0 aliphatic carbocycles. The van der Waals surface area contributed by atoms with Crippen LogP contribution >= 0.6 is 37.3 Å². The Morgan fingerprint density at radius 3 is 2.82 bits per heavy atom. The number of nitrogens with one attached hydrogen (secondary N) is 1. The minimum atomic E-state index is -4.07. The van der Waals surface area contributed by atoms with Gasteiger partial charge in [0.25, 0.3) is 12.5 Å². The Morgan fingerprint density at radius 2 is 2.02 bits per heavy atom. The number of thiol groups is 1. The number of carbonyl (C=O) groups excluding carboxylic acids is 1. The fourth-order valence-corrected chi connectivity index (χ4v) is 11.2. The van der Waals surface area contributed by atoms with Gasteiger partial charge in [-0.1, -0.05) is 12.2 Å². The van der Waals surface area contributed by atoms with Crippen LogP contribution in [0.3, 0.4) is 0 Å². The number of amides is 1. The highest BCUT2D eigenvalue weighted by Crippen LogP contribution is 2.56. The van der Waals surface area contributed by atoms with Crippen LogP contribution in [0, 0.1) is 5.92 Å². The minimum Gasteiger partial charge on any atom is -0.387 e. The molecule has 49 heavy (non-hydrogen) atoms. The van der Waals surface area contributed by atoms with E-state index in [-0.39, 0.29) is 43.7 Å². The summed E-state index contributed by atoms with van der Waals surface area (Å²) in [6.45, 7) is -7.71. The maximum Gasteiger partial charge on any atom is 0.321 e. The van der Waals surface area contributed by atoms with Gasteiger partial charge in [0.15, 0.2) is 18.4 Å². The van der Waals surface area contributed by atoms with E-state index < -0.39 is 56.6 Å². The van der Waals surface area contributed by atoms with Gasteiger partial charge < -0.3 is 54.3 Å². The molecule has 272 valence electrons. The predicted octanol–water partition coefficient (Wildman–Crippen LogP) is 0.195. The Balaban J connectivity index is 1.00. The van der Waals surface area contributed by atoms with Gasteiger partial charge in [-0.3, -0.25) is 24.2 Å². The van der Waals surface area contributed by atoms with E-state index in [1.54, 1.807) is 0 Å². The number of ether oxygens (including phenoxy) is 2. The Bertz CT molecular complexity index is 1490. The number of thioether (sulfide) groups is 1. The van der Waals surface area contributed by atoms with Crippen LogP contribution in [-0.2, 0) is 39.7 Å². The average Bonchev–Trinajstić information content (AvgIpc) is 3.81.